The summed E-state index contributed by atoms with van der Waals surface area (Å²) in [5.74, 6) is -2.62. The molecule has 3 N–H and O–H groups in total. The molecule has 1 aliphatic heterocycles. The summed E-state index contributed by atoms with van der Waals surface area (Å²) in [7, 11) is -0.697. The third kappa shape index (κ3) is 10.8. The highest BCUT2D eigenvalue weighted by Gasteiger charge is 2.30. The highest BCUT2D eigenvalue weighted by molar-refractivity contribution is 7.98. The van der Waals surface area contributed by atoms with E-state index in [0.717, 1.165) is 11.1 Å². The van der Waals surface area contributed by atoms with Gasteiger partial charge in [0.25, 0.3) is 11.8 Å². The Morgan fingerprint density at radius 3 is 2.00 bits per heavy atom. The summed E-state index contributed by atoms with van der Waals surface area (Å²) in [4.78, 5) is 41.3. The number of carbonyl (C=O) groups is 3. The lowest BCUT2D eigenvalue weighted by Gasteiger charge is -2.22. The predicted molar refractivity (Wildman–Crippen MR) is 193 cm³/mol. The zero-order valence-electron chi connectivity index (χ0n) is 26.6. The minimum atomic E-state index is -0.699. The maximum absolute atomic E-state index is 13.4. The Morgan fingerprint density at radius 2 is 1.47 bits per heavy atom. The van der Waals surface area contributed by atoms with E-state index >= 15 is 0 Å². The van der Waals surface area contributed by atoms with Gasteiger partial charge in [-0.1, -0.05) is 26.0 Å². The number of fused-ring (bicyclic) bond motifs is 1. The van der Waals surface area contributed by atoms with Gasteiger partial charge in [0.2, 0.25) is 5.91 Å². The lowest BCUT2D eigenvalue weighted by Crippen LogP contribution is -2.29. The number of anilines is 3. The van der Waals surface area contributed by atoms with Gasteiger partial charge in [0.1, 0.15) is 23.1 Å². The molecule has 47 heavy (non-hydrogen) atoms. The highest BCUT2D eigenvalue weighted by atomic mass is 35.5. The van der Waals surface area contributed by atoms with Gasteiger partial charge < -0.3 is 20.9 Å². The molecule has 0 radical (unpaired) electrons. The van der Waals surface area contributed by atoms with Crippen LogP contribution in [0.2, 0.25) is 0 Å². The fourth-order valence-electron chi connectivity index (χ4n) is 4.52. The molecule has 12 heteroatoms. The fraction of sp³-hybridized carbons (Fsp3) is 0.229. The first-order valence-corrected chi connectivity index (χ1v) is 18.5. The summed E-state index contributed by atoms with van der Waals surface area (Å²) >= 11 is 7.28. The van der Waals surface area contributed by atoms with Crippen molar-refractivity contribution in [1.29, 1.82) is 0 Å². The van der Waals surface area contributed by atoms with Gasteiger partial charge in [-0.2, -0.15) is 0 Å². The van der Waals surface area contributed by atoms with Crippen molar-refractivity contribution < 1.29 is 23.2 Å². The molecule has 1 unspecified atom stereocenters. The van der Waals surface area contributed by atoms with Crippen LogP contribution in [0.3, 0.4) is 0 Å². The summed E-state index contributed by atoms with van der Waals surface area (Å²) in [6, 6.07) is 16.8. The van der Waals surface area contributed by atoms with Crippen LogP contribution in [-0.4, -0.2) is 49.6 Å². The van der Waals surface area contributed by atoms with Gasteiger partial charge >= 0.3 is 0 Å². The molecule has 0 spiro atoms. The van der Waals surface area contributed by atoms with Crippen molar-refractivity contribution in [1.82, 2.24) is 5.32 Å². The third-order valence-corrected chi connectivity index (χ3v) is 9.90. The minimum Gasteiger partial charge on any atom is -0.355 e. The second kappa shape index (κ2) is 19.0. The van der Waals surface area contributed by atoms with E-state index in [1.165, 1.54) is 64.8 Å². The highest BCUT2D eigenvalue weighted by Crippen LogP contribution is 2.52. The van der Waals surface area contributed by atoms with Crippen LogP contribution in [0.1, 0.15) is 20.3 Å². The Morgan fingerprint density at radius 1 is 0.894 bits per heavy atom. The van der Waals surface area contributed by atoms with Crippen molar-refractivity contribution in [2.45, 2.75) is 25.2 Å². The van der Waals surface area contributed by atoms with E-state index in [9.17, 15) is 23.2 Å². The molecule has 3 aromatic rings. The number of hydrogen-bond donors (Lipinski definition) is 3. The number of allylic oxidation sites excluding steroid dienone is 4. The summed E-state index contributed by atoms with van der Waals surface area (Å²) < 4.78 is 26.7. The summed E-state index contributed by atoms with van der Waals surface area (Å²) in [6.07, 6.45) is 9.48. The first kappa shape index (κ1) is 37.5. The first-order valence-electron chi connectivity index (χ1n) is 14.9. The number of carbonyl (C=O) groups excluding carboxylic acids is 3. The Kier molecular flexibility index (Phi) is 15.1. The molecule has 1 heterocycles. The molecule has 0 saturated carbocycles. The number of nitrogens with one attached hydrogen (secondary N) is 3. The number of rotatable bonds is 12. The maximum Gasteiger partial charge on any atom is 0.261 e. The second-order valence-corrected chi connectivity index (χ2v) is 13.0. The molecular formula is C35H38ClF2N4O3PS. The predicted octanol–water partition coefficient (Wildman–Crippen LogP) is 7.62. The van der Waals surface area contributed by atoms with Gasteiger partial charge in [-0.3, -0.25) is 14.4 Å². The number of benzene rings is 3. The summed E-state index contributed by atoms with van der Waals surface area (Å²) in [5, 5.41) is 9.28. The fourth-order valence-corrected chi connectivity index (χ4v) is 7.13. The summed E-state index contributed by atoms with van der Waals surface area (Å²) in [5.41, 5.74) is 2.62. The molecule has 0 fully saturated rings. The number of hydrogen-bond acceptors (Lipinski definition) is 5. The van der Waals surface area contributed by atoms with Crippen molar-refractivity contribution in [2.75, 3.05) is 47.4 Å². The lowest BCUT2D eigenvalue weighted by molar-refractivity contribution is -0.119. The quantitative estimate of drug-likeness (QED) is 0.0265. The van der Waals surface area contributed by atoms with Crippen LogP contribution in [-0.2, 0) is 14.4 Å². The number of thioether (sulfide) groups is 1. The lowest BCUT2D eigenvalue weighted by atomic mass is 10.1. The van der Waals surface area contributed by atoms with E-state index < -0.39 is 31.4 Å². The molecule has 0 saturated heterocycles. The molecule has 0 aliphatic carbocycles. The Hall–Kier alpha value is -3.98. The number of nitrogens with zero attached hydrogens (tertiary/aromatic N) is 1. The van der Waals surface area contributed by atoms with Crippen LogP contribution in [0.15, 0.2) is 107 Å². The van der Waals surface area contributed by atoms with Crippen molar-refractivity contribution in [3.05, 3.63) is 114 Å². The standard InChI is InChI=1S/C33H32ClF2N4O3PS.C2H6/c1-44-29-20-26(45-2)16-17-28(29)40(19-5-18-37-30(41)21-34)31(44)7-4-3-6-27(32(42)38-24-12-8-22(35)9-13-24)33(43)39-25-14-10-23(36)11-15-25;1-2/h3-4,6-17,20H,5,18-19,21H2,1-2H3,(H,37,41)(H,38,42)(H,39,43);1-2H3/b4-3+,31-7-;. The molecule has 1 aliphatic rings. The van der Waals surface area contributed by atoms with Crippen molar-refractivity contribution in [2.24, 2.45) is 0 Å². The Bertz CT molecular complexity index is 1570. The van der Waals surface area contributed by atoms with Gasteiger partial charge in [-0.05, 0) is 106 Å². The van der Waals surface area contributed by atoms with E-state index in [4.69, 9.17) is 11.6 Å². The average molecular weight is 699 g/mol. The van der Waals surface area contributed by atoms with E-state index in [-0.39, 0.29) is 17.4 Å². The van der Waals surface area contributed by atoms with Gasteiger partial charge in [0.05, 0.1) is 0 Å². The van der Waals surface area contributed by atoms with Gasteiger partial charge in [0, 0.05) is 45.8 Å². The minimum absolute atomic E-state index is 0.0838. The SMILES string of the molecule is CC.CSc1ccc2c(c1)P(C)/C(=C\C=C\C=C(C(=O)Nc1ccc(F)cc1)C(=O)Nc1ccc(F)cc1)N2CCCNC(=O)CCl. The van der Waals surface area contributed by atoms with E-state index in [0.29, 0.717) is 30.9 Å². The molecule has 7 nitrogen and oxygen atoms in total. The van der Waals surface area contributed by atoms with E-state index in [2.05, 4.69) is 45.7 Å². The maximum atomic E-state index is 13.4. The third-order valence-electron chi connectivity index (χ3n) is 6.77. The molecule has 0 aromatic heterocycles. The largest absolute Gasteiger partial charge is 0.355 e. The van der Waals surface area contributed by atoms with Gasteiger partial charge in [-0.25, -0.2) is 8.78 Å². The smallest absolute Gasteiger partial charge is 0.261 e. The molecule has 1 atom stereocenters. The zero-order valence-corrected chi connectivity index (χ0v) is 29.1. The van der Waals surface area contributed by atoms with Crippen LogP contribution in [0.25, 0.3) is 0 Å². The van der Waals surface area contributed by atoms with E-state index in [1.807, 2.05) is 26.2 Å². The Balaban J connectivity index is 0.00000294. The van der Waals surface area contributed by atoms with Crippen LogP contribution < -0.4 is 26.2 Å². The zero-order chi connectivity index (χ0) is 34.3. The first-order chi connectivity index (χ1) is 22.7. The number of alkyl halides is 1. The van der Waals surface area contributed by atoms with Gasteiger partial charge in [0.15, 0.2) is 0 Å². The van der Waals surface area contributed by atoms with Crippen LogP contribution >= 0.6 is 31.3 Å². The second-order valence-electron chi connectivity index (χ2n) is 9.81. The van der Waals surface area contributed by atoms with Crippen LogP contribution in [0.4, 0.5) is 25.8 Å². The molecule has 248 valence electrons. The van der Waals surface area contributed by atoms with Gasteiger partial charge in [-0.15, -0.1) is 23.4 Å². The van der Waals surface area contributed by atoms with Crippen molar-refractivity contribution in [3.8, 4) is 0 Å². The molecular weight excluding hydrogens is 661 g/mol. The normalized spacial score (nSPS) is 14.2. The monoisotopic (exact) mass is 698 g/mol. The van der Waals surface area contributed by atoms with Crippen molar-refractivity contribution >= 4 is 71.4 Å². The van der Waals surface area contributed by atoms with Crippen molar-refractivity contribution in [3.63, 3.8) is 0 Å². The van der Waals surface area contributed by atoms with Crippen LogP contribution in [0, 0.1) is 11.6 Å². The Labute approximate surface area is 285 Å². The number of amides is 3. The molecule has 3 aromatic carbocycles. The summed E-state index contributed by atoms with van der Waals surface area (Å²) in [6.45, 7) is 7.34. The molecule has 3 amide bonds. The average Bonchev–Trinajstić information content (AvgIpc) is 3.34. The van der Waals surface area contributed by atoms with E-state index in [1.54, 1.807) is 23.9 Å². The molecule has 0 bridgehead atoms. The molecule has 4 rings (SSSR count). The van der Waals surface area contributed by atoms with Crippen LogP contribution in [0.5, 0.6) is 0 Å². The number of halogens is 3. The topological polar surface area (TPSA) is 90.5 Å².